The van der Waals surface area contributed by atoms with Crippen LogP contribution in [0.1, 0.15) is 47.6 Å². The van der Waals surface area contributed by atoms with Gasteiger partial charge in [0.1, 0.15) is 17.9 Å². The van der Waals surface area contributed by atoms with Gasteiger partial charge >= 0.3 is 0 Å². The molecule has 5 rings (SSSR count). The Morgan fingerprint density at radius 3 is 2.50 bits per heavy atom. The Bertz CT molecular complexity index is 989. The summed E-state index contributed by atoms with van der Waals surface area (Å²) < 4.78 is 33.7. The van der Waals surface area contributed by atoms with Crippen LogP contribution in [-0.2, 0) is 9.53 Å². The van der Waals surface area contributed by atoms with Crippen LogP contribution in [0.15, 0.2) is 48.5 Å². The Morgan fingerprint density at radius 1 is 1.03 bits per heavy atom. The van der Waals surface area contributed by atoms with Gasteiger partial charge in [-0.3, -0.25) is 9.59 Å². The van der Waals surface area contributed by atoms with Crippen molar-refractivity contribution >= 4 is 11.8 Å². The molecule has 5 nitrogen and oxygen atoms in total. The average Bonchev–Trinajstić information content (AvgIpc) is 3.29. The molecule has 2 atom stereocenters. The highest BCUT2D eigenvalue weighted by Crippen LogP contribution is 2.47. The Balaban J connectivity index is 1.31. The van der Waals surface area contributed by atoms with Gasteiger partial charge in [-0.1, -0.05) is 30.3 Å². The van der Waals surface area contributed by atoms with Crippen LogP contribution in [0.5, 0.6) is 0 Å². The van der Waals surface area contributed by atoms with E-state index in [9.17, 15) is 18.4 Å². The number of rotatable bonds is 2. The van der Waals surface area contributed by atoms with Gasteiger partial charge in [0.2, 0.25) is 0 Å². The summed E-state index contributed by atoms with van der Waals surface area (Å²) in [7, 11) is 0. The van der Waals surface area contributed by atoms with Crippen molar-refractivity contribution in [2.75, 3.05) is 13.1 Å². The lowest BCUT2D eigenvalue weighted by Gasteiger charge is -2.37. The summed E-state index contributed by atoms with van der Waals surface area (Å²) in [6, 6.07) is 12.8. The zero-order valence-corrected chi connectivity index (χ0v) is 16.4. The molecule has 2 unspecified atom stereocenters. The topological polar surface area (TPSA) is 49.9 Å². The van der Waals surface area contributed by atoms with Crippen molar-refractivity contribution in [3.63, 3.8) is 0 Å². The van der Waals surface area contributed by atoms with Gasteiger partial charge in [0.25, 0.3) is 11.8 Å². The van der Waals surface area contributed by atoms with Crippen LogP contribution in [-0.4, -0.2) is 46.5 Å². The number of nitrogens with zero attached hydrogens (tertiary/aromatic N) is 2. The highest BCUT2D eigenvalue weighted by Gasteiger charge is 2.58. The Labute approximate surface area is 173 Å². The standard InChI is InChI=1S/C23H22F2N2O3/c24-16-6-7-18(25)17(14-16)21(28)26-12-10-23(11-13-26)22(29)27-19(8-9-20(27)30-23)15-4-2-1-3-5-15/h1-7,14,19-20H,8-13H2. The lowest BCUT2D eigenvalue weighted by Crippen LogP contribution is -2.51. The van der Waals surface area contributed by atoms with E-state index in [1.165, 1.54) is 4.90 Å². The minimum absolute atomic E-state index is 0.00382. The maximum absolute atomic E-state index is 14.0. The molecule has 3 aliphatic rings. The number of hydrogen-bond donors (Lipinski definition) is 0. The number of piperidine rings is 1. The number of carbonyl (C=O) groups is 2. The normalized spacial score (nSPS) is 25.1. The molecule has 0 N–H and O–H groups in total. The van der Waals surface area contributed by atoms with Crippen LogP contribution >= 0.6 is 0 Å². The first-order valence-electron chi connectivity index (χ1n) is 10.3. The summed E-state index contributed by atoms with van der Waals surface area (Å²) in [6.07, 6.45) is 2.10. The van der Waals surface area contributed by atoms with Crippen molar-refractivity contribution < 1.29 is 23.1 Å². The number of amides is 2. The predicted octanol–water partition coefficient (Wildman–Crippen LogP) is 3.66. The van der Waals surface area contributed by atoms with Crippen molar-refractivity contribution in [2.24, 2.45) is 0 Å². The van der Waals surface area contributed by atoms with Crippen LogP contribution in [0.25, 0.3) is 0 Å². The molecule has 0 aliphatic carbocycles. The molecular formula is C23H22F2N2O3. The van der Waals surface area contributed by atoms with Gasteiger partial charge in [-0.2, -0.15) is 0 Å². The smallest absolute Gasteiger partial charge is 0.257 e. The number of fused-ring (bicyclic) bond motifs is 1. The summed E-state index contributed by atoms with van der Waals surface area (Å²) >= 11 is 0. The fourth-order valence-corrected chi connectivity index (χ4v) is 4.95. The largest absolute Gasteiger partial charge is 0.342 e. The van der Waals surface area contributed by atoms with Gasteiger partial charge < -0.3 is 14.5 Å². The lowest BCUT2D eigenvalue weighted by atomic mass is 9.89. The molecule has 3 heterocycles. The van der Waals surface area contributed by atoms with E-state index in [2.05, 4.69) is 0 Å². The van der Waals surface area contributed by atoms with Crippen molar-refractivity contribution in [1.82, 2.24) is 9.80 Å². The molecular weight excluding hydrogens is 390 g/mol. The Morgan fingerprint density at radius 2 is 1.77 bits per heavy atom. The van der Waals surface area contributed by atoms with Crippen molar-refractivity contribution in [3.8, 4) is 0 Å². The summed E-state index contributed by atoms with van der Waals surface area (Å²) in [5.74, 6) is -1.99. The quantitative estimate of drug-likeness (QED) is 0.757. The highest BCUT2D eigenvalue weighted by molar-refractivity contribution is 5.95. The number of likely N-dealkylation sites (tertiary alicyclic amines) is 1. The molecule has 2 amide bonds. The van der Waals surface area contributed by atoms with Crippen LogP contribution in [0.4, 0.5) is 8.78 Å². The van der Waals surface area contributed by atoms with E-state index in [-0.39, 0.29) is 36.8 Å². The molecule has 0 radical (unpaired) electrons. The molecule has 1 spiro atoms. The summed E-state index contributed by atoms with van der Waals surface area (Å²) in [5.41, 5.74) is -0.118. The molecule has 30 heavy (non-hydrogen) atoms. The molecule has 0 saturated carbocycles. The number of hydrogen-bond acceptors (Lipinski definition) is 3. The van der Waals surface area contributed by atoms with E-state index >= 15 is 0 Å². The van der Waals surface area contributed by atoms with Crippen LogP contribution in [0.3, 0.4) is 0 Å². The third-order valence-electron chi connectivity index (χ3n) is 6.52. The van der Waals surface area contributed by atoms with Crippen LogP contribution < -0.4 is 0 Å². The van der Waals surface area contributed by atoms with E-state index < -0.39 is 23.1 Å². The van der Waals surface area contributed by atoms with E-state index in [0.717, 1.165) is 36.6 Å². The van der Waals surface area contributed by atoms with E-state index in [1.807, 2.05) is 35.2 Å². The molecule has 156 valence electrons. The molecule has 2 aromatic carbocycles. The first-order chi connectivity index (χ1) is 14.5. The van der Waals surface area contributed by atoms with E-state index in [4.69, 9.17) is 4.74 Å². The zero-order valence-electron chi connectivity index (χ0n) is 16.4. The molecule has 7 heteroatoms. The second-order valence-corrected chi connectivity index (χ2v) is 8.20. The van der Waals surface area contributed by atoms with Crippen molar-refractivity contribution in [3.05, 3.63) is 71.3 Å². The lowest BCUT2D eigenvalue weighted by molar-refractivity contribution is -0.142. The maximum atomic E-state index is 14.0. The van der Waals surface area contributed by atoms with Gasteiger partial charge in [0.05, 0.1) is 11.6 Å². The molecule has 0 aromatic heterocycles. The highest BCUT2D eigenvalue weighted by atomic mass is 19.1. The Kier molecular flexibility index (Phi) is 4.58. The van der Waals surface area contributed by atoms with E-state index in [0.29, 0.717) is 12.8 Å². The van der Waals surface area contributed by atoms with Crippen molar-refractivity contribution in [2.45, 2.75) is 43.6 Å². The number of ether oxygens (including phenoxy) is 1. The fraction of sp³-hybridized carbons (Fsp3) is 0.391. The maximum Gasteiger partial charge on any atom is 0.257 e. The number of carbonyl (C=O) groups excluding carboxylic acids is 2. The minimum atomic E-state index is -0.935. The third-order valence-corrected chi connectivity index (χ3v) is 6.52. The van der Waals surface area contributed by atoms with Crippen LogP contribution in [0.2, 0.25) is 0 Å². The SMILES string of the molecule is O=C(c1cc(F)ccc1F)N1CCC2(CC1)OC1CCC(c3ccccc3)N1C2=O. The second kappa shape index (κ2) is 7.16. The fourth-order valence-electron chi connectivity index (χ4n) is 4.95. The molecule has 0 bridgehead atoms. The summed E-state index contributed by atoms with van der Waals surface area (Å²) in [5, 5.41) is 0. The summed E-state index contributed by atoms with van der Waals surface area (Å²) in [6.45, 7) is 0.522. The van der Waals surface area contributed by atoms with Gasteiger partial charge in [0.15, 0.2) is 5.60 Å². The first kappa shape index (κ1) is 19.2. The molecule has 3 fully saturated rings. The molecule has 2 aromatic rings. The monoisotopic (exact) mass is 412 g/mol. The minimum Gasteiger partial charge on any atom is -0.342 e. The predicted molar refractivity (Wildman–Crippen MR) is 104 cm³/mol. The molecule has 3 aliphatic heterocycles. The second-order valence-electron chi connectivity index (χ2n) is 8.20. The summed E-state index contributed by atoms with van der Waals surface area (Å²) in [4.78, 5) is 29.4. The van der Waals surface area contributed by atoms with Gasteiger partial charge in [-0.15, -0.1) is 0 Å². The van der Waals surface area contributed by atoms with Gasteiger partial charge in [-0.25, -0.2) is 8.78 Å². The number of benzene rings is 2. The Hall–Kier alpha value is -2.80. The van der Waals surface area contributed by atoms with Crippen LogP contribution in [0, 0.1) is 11.6 Å². The average molecular weight is 412 g/mol. The zero-order chi connectivity index (χ0) is 20.9. The van der Waals surface area contributed by atoms with Crippen molar-refractivity contribution in [1.29, 1.82) is 0 Å². The molecule has 3 saturated heterocycles. The van der Waals surface area contributed by atoms with E-state index in [1.54, 1.807) is 0 Å². The third kappa shape index (κ3) is 2.99. The van der Waals surface area contributed by atoms with Gasteiger partial charge in [-0.05, 0) is 36.6 Å². The number of halogens is 2. The first-order valence-corrected chi connectivity index (χ1v) is 10.3. The van der Waals surface area contributed by atoms with Gasteiger partial charge in [0, 0.05) is 25.9 Å².